The summed E-state index contributed by atoms with van der Waals surface area (Å²) in [5.41, 5.74) is -0.0738. The number of hydrogen-bond acceptors (Lipinski definition) is 5. The van der Waals surface area contributed by atoms with E-state index in [-0.39, 0.29) is 33.8 Å². The van der Waals surface area contributed by atoms with Crippen molar-refractivity contribution in [3.05, 3.63) is 82.7 Å². The van der Waals surface area contributed by atoms with Gasteiger partial charge in [0.05, 0.1) is 11.1 Å². The number of anilines is 1. The van der Waals surface area contributed by atoms with Gasteiger partial charge in [0.1, 0.15) is 6.54 Å². The van der Waals surface area contributed by atoms with Crippen molar-refractivity contribution in [2.24, 2.45) is 0 Å². The average Bonchev–Trinajstić information content (AvgIpc) is 3.10. The molecule has 0 radical (unpaired) electrons. The number of alkyl halides is 2. The lowest BCUT2D eigenvalue weighted by Gasteiger charge is -2.12. The lowest BCUT2D eigenvalue weighted by Crippen LogP contribution is -2.30. The molecule has 0 saturated carbocycles. The fourth-order valence-corrected chi connectivity index (χ4v) is 3.56. The van der Waals surface area contributed by atoms with E-state index in [9.17, 15) is 27.2 Å². The van der Waals surface area contributed by atoms with Crippen LogP contribution in [0.4, 0.5) is 23.2 Å². The Morgan fingerprint density at radius 1 is 0.941 bits per heavy atom. The van der Waals surface area contributed by atoms with E-state index in [1.54, 1.807) is 18.2 Å². The average molecular weight is 471 g/mol. The third-order valence-electron chi connectivity index (χ3n) is 5.04. The minimum absolute atomic E-state index is 0.125. The molecule has 0 bridgehead atoms. The number of ether oxygens (including phenoxy) is 2. The van der Waals surface area contributed by atoms with Crippen LogP contribution in [0.15, 0.2) is 65.5 Å². The number of carbonyl (C=O) groups excluding carboxylic acids is 1. The lowest BCUT2D eigenvalue weighted by atomic mass is 10.0. The van der Waals surface area contributed by atoms with Gasteiger partial charge in [-0.1, -0.05) is 18.2 Å². The summed E-state index contributed by atoms with van der Waals surface area (Å²) < 4.78 is 63.2. The van der Waals surface area contributed by atoms with Gasteiger partial charge in [0.15, 0.2) is 23.1 Å². The predicted molar refractivity (Wildman–Crippen MR) is 113 cm³/mol. The Bertz CT molecular complexity index is 1520. The Labute approximate surface area is 188 Å². The van der Waals surface area contributed by atoms with E-state index in [4.69, 9.17) is 0 Å². The molecule has 1 amide bonds. The highest BCUT2D eigenvalue weighted by atomic mass is 19.3. The maximum absolute atomic E-state index is 13.8. The van der Waals surface area contributed by atoms with Crippen LogP contribution in [0.1, 0.15) is 0 Å². The van der Waals surface area contributed by atoms with Gasteiger partial charge in [-0.15, -0.1) is 8.78 Å². The number of rotatable bonds is 4. The van der Waals surface area contributed by atoms with Gasteiger partial charge >= 0.3 is 6.29 Å². The number of hydrogen-bond donors (Lipinski definition) is 1. The van der Waals surface area contributed by atoms with Crippen molar-refractivity contribution >= 4 is 22.4 Å². The van der Waals surface area contributed by atoms with Crippen LogP contribution in [0.5, 0.6) is 11.5 Å². The second-order valence-corrected chi connectivity index (χ2v) is 7.36. The molecule has 4 aromatic rings. The summed E-state index contributed by atoms with van der Waals surface area (Å²) >= 11 is 0. The summed E-state index contributed by atoms with van der Waals surface area (Å²) in [7, 11) is 0. The summed E-state index contributed by atoms with van der Waals surface area (Å²) in [5.74, 6) is -3.27. The zero-order valence-corrected chi connectivity index (χ0v) is 17.0. The van der Waals surface area contributed by atoms with Crippen molar-refractivity contribution in [2.45, 2.75) is 12.8 Å². The SMILES string of the molecule is O=C(Cn1nc(-c2ccc(F)c(F)c2)c2ccccc2c1=O)Nc1ccc2c(c1)OC(F)(F)O2. The molecule has 3 aromatic carbocycles. The third-order valence-corrected chi connectivity index (χ3v) is 5.04. The van der Waals surface area contributed by atoms with Crippen molar-refractivity contribution in [1.82, 2.24) is 9.78 Å². The molecular formula is C23H13F4N3O4. The minimum Gasteiger partial charge on any atom is -0.395 e. The highest BCUT2D eigenvalue weighted by molar-refractivity contribution is 5.94. The second kappa shape index (κ2) is 7.87. The number of fused-ring (bicyclic) bond motifs is 2. The van der Waals surface area contributed by atoms with E-state index in [1.165, 1.54) is 24.3 Å². The highest BCUT2D eigenvalue weighted by Gasteiger charge is 2.43. The van der Waals surface area contributed by atoms with Gasteiger partial charge in [-0.3, -0.25) is 9.59 Å². The fourth-order valence-electron chi connectivity index (χ4n) is 3.56. The van der Waals surface area contributed by atoms with E-state index in [2.05, 4.69) is 19.9 Å². The van der Waals surface area contributed by atoms with Crippen LogP contribution >= 0.6 is 0 Å². The molecule has 2 heterocycles. The topological polar surface area (TPSA) is 82.5 Å². The molecule has 0 unspecified atom stereocenters. The van der Waals surface area contributed by atoms with E-state index >= 15 is 0 Å². The summed E-state index contributed by atoms with van der Waals surface area (Å²) in [4.78, 5) is 25.5. The van der Waals surface area contributed by atoms with Crippen molar-refractivity contribution in [1.29, 1.82) is 0 Å². The molecule has 1 N–H and O–H groups in total. The van der Waals surface area contributed by atoms with Gasteiger partial charge in [-0.05, 0) is 36.4 Å². The van der Waals surface area contributed by atoms with Crippen molar-refractivity contribution < 1.29 is 31.8 Å². The molecule has 0 fully saturated rings. The number of nitrogens with one attached hydrogen (secondary N) is 1. The van der Waals surface area contributed by atoms with Crippen LogP contribution in [-0.4, -0.2) is 22.0 Å². The first-order valence-corrected chi connectivity index (χ1v) is 9.85. The molecule has 5 rings (SSSR count). The van der Waals surface area contributed by atoms with Crippen LogP contribution in [0.25, 0.3) is 22.0 Å². The second-order valence-electron chi connectivity index (χ2n) is 7.36. The molecule has 1 aromatic heterocycles. The number of nitrogens with zero attached hydrogens (tertiary/aromatic N) is 2. The largest absolute Gasteiger partial charge is 0.586 e. The van der Waals surface area contributed by atoms with Crippen molar-refractivity contribution in [3.63, 3.8) is 0 Å². The Morgan fingerprint density at radius 3 is 2.44 bits per heavy atom. The number of carbonyl (C=O) groups is 1. The van der Waals surface area contributed by atoms with E-state index in [1.807, 2.05) is 0 Å². The Kier molecular flexibility index (Phi) is 4.96. The Balaban J connectivity index is 1.47. The summed E-state index contributed by atoms with van der Waals surface area (Å²) in [5, 5.41) is 7.29. The normalized spacial score (nSPS) is 13.8. The molecule has 0 spiro atoms. The molecular weight excluding hydrogens is 458 g/mol. The van der Waals surface area contributed by atoms with Gasteiger partial charge in [-0.25, -0.2) is 13.5 Å². The number of amides is 1. The molecule has 0 atom stereocenters. The molecule has 7 nitrogen and oxygen atoms in total. The van der Waals surface area contributed by atoms with Crippen molar-refractivity contribution in [2.75, 3.05) is 5.32 Å². The molecule has 34 heavy (non-hydrogen) atoms. The van der Waals surface area contributed by atoms with Gasteiger partial charge in [-0.2, -0.15) is 5.10 Å². The Hall–Kier alpha value is -4.41. The lowest BCUT2D eigenvalue weighted by molar-refractivity contribution is -0.286. The van der Waals surface area contributed by atoms with Crippen LogP contribution < -0.4 is 20.3 Å². The van der Waals surface area contributed by atoms with Gasteiger partial charge in [0.25, 0.3) is 5.56 Å². The maximum atomic E-state index is 13.8. The van der Waals surface area contributed by atoms with Crippen molar-refractivity contribution in [3.8, 4) is 22.8 Å². The zero-order chi connectivity index (χ0) is 24.0. The minimum atomic E-state index is -3.80. The van der Waals surface area contributed by atoms with Gasteiger partial charge in [0.2, 0.25) is 5.91 Å². The van der Waals surface area contributed by atoms with Crippen LogP contribution in [0.3, 0.4) is 0 Å². The highest BCUT2D eigenvalue weighted by Crippen LogP contribution is 2.42. The molecule has 1 aliphatic rings. The third kappa shape index (κ3) is 3.91. The van der Waals surface area contributed by atoms with Crippen LogP contribution in [0.2, 0.25) is 0 Å². The fraction of sp³-hybridized carbons (Fsp3) is 0.0870. The van der Waals surface area contributed by atoms with Crippen LogP contribution in [-0.2, 0) is 11.3 Å². The molecule has 1 aliphatic heterocycles. The standard InChI is InChI=1S/C23H13F4N3O4/c24-16-7-5-12(9-17(16)25)21-14-3-1-2-4-15(14)22(32)30(29-21)11-20(31)28-13-6-8-18-19(10-13)34-23(26,27)33-18/h1-10H,11H2,(H,28,31). The first-order valence-electron chi connectivity index (χ1n) is 9.85. The molecule has 172 valence electrons. The molecule has 0 saturated heterocycles. The quantitative estimate of drug-likeness (QED) is 0.449. The monoisotopic (exact) mass is 471 g/mol. The zero-order valence-electron chi connectivity index (χ0n) is 17.0. The first-order chi connectivity index (χ1) is 16.2. The van der Waals surface area contributed by atoms with E-state index < -0.39 is 35.9 Å². The molecule has 0 aliphatic carbocycles. The maximum Gasteiger partial charge on any atom is 0.586 e. The van der Waals surface area contributed by atoms with Gasteiger partial charge in [0, 0.05) is 22.7 Å². The van der Waals surface area contributed by atoms with E-state index in [0.29, 0.717) is 5.39 Å². The first kappa shape index (κ1) is 21.4. The van der Waals surface area contributed by atoms with E-state index in [0.717, 1.165) is 22.9 Å². The predicted octanol–water partition coefficient (Wildman–Crippen LogP) is 4.30. The number of halogens is 4. The Morgan fingerprint density at radius 2 is 1.68 bits per heavy atom. The summed E-state index contributed by atoms with van der Waals surface area (Å²) in [6, 6.07) is 13.3. The molecule has 11 heteroatoms. The number of aromatic nitrogens is 2. The summed E-state index contributed by atoms with van der Waals surface area (Å²) in [6.45, 7) is -0.537. The van der Waals surface area contributed by atoms with Crippen LogP contribution in [0, 0.1) is 11.6 Å². The van der Waals surface area contributed by atoms with Gasteiger partial charge < -0.3 is 14.8 Å². The summed E-state index contributed by atoms with van der Waals surface area (Å²) in [6.07, 6.45) is -3.80. The number of benzene rings is 3. The smallest absolute Gasteiger partial charge is 0.395 e.